The lowest BCUT2D eigenvalue weighted by Crippen LogP contribution is -2.30. The molecule has 1 aliphatic rings. The minimum Gasteiger partial charge on any atom is -0.507 e. The summed E-state index contributed by atoms with van der Waals surface area (Å²) < 4.78 is 5.65. The smallest absolute Gasteiger partial charge is 0.342 e. The van der Waals surface area contributed by atoms with E-state index in [-0.39, 0.29) is 29.9 Å². The van der Waals surface area contributed by atoms with E-state index in [1.165, 1.54) is 12.1 Å². The molecule has 2 rings (SSSR count). The monoisotopic (exact) mass is 361 g/mol. The Labute approximate surface area is 118 Å². The number of rotatable bonds is 4. The van der Waals surface area contributed by atoms with Gasteiger partial charge in [0.2, 0.25) is 0 Å². The summed E-state index contributed by atoms with van der Waals surface area (Å²) in [5.41, 5.74) is 0.0705. The molecule has 0 unspecified atom stereocenters. The molecule has 0 saturated heterocycles. The maximum atomic E-state index is 11.7. The zero-order chi connectivity index (χ0) is 13.1. The van der Waals surface area contributed by atoms with Gasteiger partial charge in [-0.25, -0.2) is 4.79 Å². The van der Waals surface area contributed by atoms with E-state index in [0.717, 1.165) is 16.4 Å². The molecule has 5 nitrogen and oxygen atoms in total. The molecule has 0 heterocycles. The Hall–Kier alpha value is -1.31. The minimum absolute atomic E-state index is 0.0705. The van der Waals surface area contributed by atoms with Crippen LogP contribution in [0.1, 0.15) is 23.2 Å². The molecule has 1 aromatic rings. The van der Waals surface area contributed by atoms with Gasteiger partial charge in [-0.15, -0.1) is 0 Å². The Kier molecular flexibility index (Phi) is 4.05. The van der Waals surface area contributed by atoms with Gasteiger partial charge in [-0.3, -0.25) is 4.79 Å². The molecule has 0 atom stereocenters. The Balaban J connectivity index is 1.90. The molecule has 1 aromatic carbocycles. The van der Waals surface area contributed by atoms with Crippen LogP contribution < -0.4 is 5.32 Å². The number of hydrogen-bond donors (Lipinski definition) is 2. The lowest BCUT2D eigenvalue weighted by molar-refractivity contribution is -0.124. The number of benzene rings is 1. The Morgan fingerprint density at radius 1 is 1.44 bits per heavy atom. The van der Waals surface area contributed by atoms with E-state index >= 15 is 0 Å². The van der Waals surface area contributed by atoms with E-state index in [2.05, 4.69) is 5.32 Å². The first-order valence-electron chi connectivity index (χ1n) is 5.51. The molecule has 1 amide bonds. The molecule has 1 fully saturated rings. The summed E-state index contributed by atoms with van der Waals surface area (Å²) in [6.07, 6.45) is 1.97. The summed E-state index contributed by atoms with van der Waals surface area (Å²) in [4.78, 5) is 23.0. The SMILES string of the molecule is O=C(COC(=O)c1cc(I)ccc1O)NC1CC1. The lowest BCUT2D eigenvalue weighted by Gasteiger charge is -2.07. The second-order valence-corrected chi connectivity index (χ2v) is 5.33. The first-order valence-corrected chi connectivity index (χ1v) is 6.59. The van der Waals surface area contributed by atoms with Crippen molar-refractivity contribution in [3.8, 4) is 5.75 Å². The summed E-state index contributed by atoms with van der Waals surface area (Å²) >= 11 is 2.02. The molecule has 2 N–H and O–H groups in total. The third-order valence-electron chi connectivity index (χ3n) is 2.46. The van der Waals surface area contributed by atoms with Crippen LogP contribution in [-0.4, -0.2) is 29.6 Å². The molecule has 6 heteroatoms. The summed E-state index contributed by atoms with van der Waals surface area (Å²) in [6.45, 7) is -0.319. The van der Waals surface area contributed by atoms with Crippen LogP contribution >= 0.6 is 22.6 Å². The van der Waals surface area contributed by atoms with Crippen molar-refractivity contribution in [2.45, 2.75) is 18.9 Å². The first kappa shape index (κ1) is 13.1. The number of esters is 1. The number of carbonyl (C=O) groups excluding carboxylic acids is 2. The number of amides is 1. The van der Waals surface area contributed by atoms with Crippen molar-refractivity contribution in [3.63, 3.8) is 0 Å². The highest BCUT2D eigenvalue weighted by Crippen LogP contribution is 2.21. The lowest BCUT2D eigenvalue weighted by atomic mass is 10.2. The van der Waals surface area contributed by atoms with Crippen molar-refractivity contribution < 1.29 is 19.4 Å². The fourth-order valence-electron chi connectivity index (χ4n) is 1.38. The average molecular weight is 361 g/mol. The Morgan fingerprint density at radius 2 is 2.17 bits per heavy atom. The summed E-state index contributed by atoms with van der Waals surface area (Å²) in [7, 11) is 0. The minimum atomic E-state index is -0.697. The summed E-state index contributed by atoms with van der Waals surface area (Å²) in [5, 5.41) is 12.2. The van der Waals surface area contributed by atoms with Gasteiger partial charge in [0.05, 0.1) is 0 Å². The van der Waals surface area contributed by atoms with Gasteiger partial charge in [0.1, 0.15) is 11.3 Å². The number of carbonyl (C=O) groups is 2. The second-order valence-electron chi connectivity index (χ2n) is 4.08. The first-order chi connectivity index (χ1) is 8.56. The zero-order valence-corrected chi connectivity index (χ0v) is 11.6. The highest BCUT2D eigenvalue weighted by molar-refractivity contribution is 14.1. The third-order valence-corrected chi connectivity index (χ3v) is 3.13. The highest BCUT2D eigenvalue weighted by Gasteiger charge is 2.24. The Bertz CT molecular complexity index is 485. The van der Waals surface area contributed by atoms with Crippen LogP contribution in [0.2, 0.25) is 0 Å². The van der Waals surface area contributed by atoms with Gasteiger partial charge in [-0.2, -0.15) is 0 Å². The predicted octanol–water partition coefficient (Wildman–Crippen LogP) is 1.43. The number of phenols is 1. The van der Waals surface area contributed by atoms with Crippen LogP contribution in [0.25, 0.3) is 0 Å². The van der Waals surface area contributed by atoms with E-state index in [1.807, 2.05) is 22.6 Å². The van der Waals surface area contributed by atoms with E-state index < -0.39 is 5.97 Å². The molecule has 1 saturated carbocycles. The van der Waals surface area contributed by atoms with Crippen LogP contribution in [0.5, 0.6) is 5.75 Å². The van der Waals surface area contributed by atoms with Crippen LogP contribution in [0.4, 0.5) is 0 Å². The number of hydrogen-bond acceptors (Lipinski definition) is 4. The average Bonchev–Trinajstić information content (AvgIpc) is 3.13. The van der Waals surface area contributed by atoms with Crippen LogP contribution in [0.15, 0.2) is 18.2 Å². The van der Waals surface area contributed by atoms with Gasteiger partial charge < -0.3 is 15.2 Å². The second kappa shape index (κ2) is 5.55. The van der Waals surface area contributed by atoms with Crippen molar-refractivity contribution in [3.05, 3.63) is 27.3 Å². The fraction of sp³-hybridized carbons (Fsp3) is 0.333. The normalized spacial score (nSPS) is 14.1. The zero-order valence-electron chi connectivity index (χ0n) is 9.48. The molecule has 18 heavy (non-hydrogen) atoms. The van der Waals surface area contributed by atoms with Crippen molar-refractivity contribution in [1.82, 2.24) is 5.32 Å². The number of ether oxygens (including phenoxy) is 1. The third kappa shape index (κ3) is 3.59. The summed E-state index contributed by atoms with van der Waals surface area (Å²) in [5.74, 6) is -1.16. The van der Waals surface area contributed by atoms with Crippen LogP contribution in [0, 0.1) is 3.57 Å². The van der Waals surface area contributed by atoms with Crippen molar-refractivity contribution in [2.75, 3.05) is 6.61 Å². The standard InChI is InChI=1S/C12H12INO4/c13-7-1-4-10(15)9(5-7)12(17)18-6-11(16)14-8-2-3-8/h1,4-5,8,15H,2-3,6H2,(H,14,16). The molecular formula is C12H12INO4. The molecule has 0 radical (unpaired) electrons. The molecular weight excluding hydrogens is 349 g/mol. The number of phenolic OH excluding ortho intramolecular Hbond substituents is 1. The molecule has 0 aromatic heterocycles. The van der Waals surface area contributed by atoms with Gasteiger partial charge in [0, 0.05) is 9.61 Å². The molecule has 0 bridgehead atoms. The van der Waals surface area contributed by atoms with Crippen molar-refractivity contribution in [1.29, 1.82) is 0 Å². The van der Waals surface area contributed by atoms with Gasteiger partial charge >= 0.3 is 5.97 Å². The van der Waals surface area contributed by atoms with E-state index in [1.54, 1.807) is 6.07 Å². The molecule has 96 valence electrons. The van der Waals surface area contributed by atoms with Gasteiger partial charge in [0.15, 0.2) is 6.61 Å². The van der Waals surface area contributed by atoms with E-state index in [9.17, 15) is 14.7 Å². The van der Waals surface area contributed by atoms with Crippen LogP contribution in [0.3, 0.4) is 0 Å². The van der Waals surface area contributed by atoms with Gasteiger partial charge in [-0.05, 0) is 53.6 Å². The van der Waals surface area contributed by atoms with Crippen molar-refractivity contribution >= 4 is 34.5 Å². The number of nitrogens with one attached hydrogen (secondary N) is 1. The van der Waals surface area contributed by atoms with Crippen LogP contribution in [-0.2, 0) is 9.53 Å². The fourth-order valence-corrected chi connectivity index (χ4v) is 1.87. The molecule has 0 aliphatic heterocycles. The highest BCUT2D eigenvalue weighted by atomic mass is 127. The predicted molar refractivity (Wildman–Crippen MR) is 72.3 cm³/mol. The quantitative estimate of drug-likeness (QED) is 0.629. The molecule has 1 aliphatic carbocycles. The Morgan fingerprint density at radius 3 is 2.83 bits per heavy atom. The van der Waals surface area contributed by atoms with E-state index in [0.29, 0.717) is 0 Å². The van der Waals surface area contributed by atoms with Crippen molar-refractivity contribution in [2.24, 2.45) is 0 Å². The largest absolute Gasteiger partial charge is 0.507 e. The molecule has 0 spiro atoms. The van der Waals surface area contributed by atoms with Gasteiger partial charge in [0.25, 0.3) is 5.91 Å². The summed E-state index contributed by atoms with van der Waals surface area (Å²) in [6, 6.07) is 4.84. The number of aromatic hydroxyl groups is 1. The van der Waals surface area contributed by atoms with E-state index in [4.69, 9.17) is 4.74 Å². The number of halogens is 1. The maximum absolute atomic E-state index is 11.7. The maximum Gasteiger partial charge on any atom is 0.342 e. The topological polar surface area (TPSA) is 75.6 Å². The van der Waals surface area contributed by atoms with Gasteiger partial charge in [-0.1, -0.05) is 0 Å².